The van der Waals surface area contributed by atoms with Gasteiger partial charge in [0.25, 0.3) is 10.0 Å². The Morgan fingerprint density at radius 3 is 2.45 bits per heavy atom. The zero-order chi connectivity index (χ0) is 14.9. The van der Waals surface area contributed by atoms with E-state index in [1.165, 1.54) is 6.07 Å². The molecule has 0 spiro atoms. The minimum absolute atomic E-state index is 0.0237. The smallest absolute Gasteiger partial charge is 0.262 e. The van der Waals surface area contributed by atoms with Crippen LogP contribution >= 0.6 is 15.9 Å². The van der Waals surface area contributed by atoms with Crippen LogP contribution in [0, 0.1) is 18.6 Å². The van der Waals surface area contributed by atoms with Crippen LogP contribution in [0.3, 0.4) is 0 Å². The lowest BCUT2D eigenvalue weighted by Crippen LogP contribution is -2.15. The van der Waals surface area contributed by atoms with Crippen LogP contribution in [0.25, 0.3) is 0 Å². The van der Waals surface area contributed by atoms with Crippen LogP contribution in [0.15, 0.2) is 45.8 Å². The van der Waals surface area contributed by atoms with E-state index in [0.717, 1.165) is 12.1 Å². The molecule has 0 fully saturated rings. The number of hydrogen-bond donors (Lipinski definition) is 1. The van der Waals surface area contributed by atoms with Crippen molar-refractivity contribution in [1.82, 2.24) is 0 Å². The Morgan fingerprint density at radius 1 is 1.10 bits per heavy atom. The normalized spacial score (nSPS) is 11.4. The number of halogens is 3. The van der Waals surface area contributed by atoms with Gasteiger partial charge in [-0.1, -0.05) is 22.0 Å². The molecule has 0 saturated carbocycles. The molecule has 0 unspecified atom stereocenters. The summed E-state index contributed by atoms with van der Waals surface area (Å²) in [5.74, 6) is -1.75. The zero-order valence-electron chi connectivity index (χ0n) is 10.3. The van der Waals surface area contributed by atoms with Gasteiger partial charge in [-0.15, -0.1) is 0 Å². The highest BCUT2D eigenvalue weighted by Gasteiger charge is 2.19. The van der Waals surface area contributed by atoms with E-state index in [1.54, 1.807) is 19.1 Å². The molecule has 0 bridgehead atoms. The second-order valence-corrected chi connectivity index (χ2v) is 6.71. The third-order valence-corrected chi connectivity index (χ3v) is 4.62. The van der Waals surface area contributed by atoms with E-state index >= 15 is 0 Å². The third-order valence-electron chi connectivity index (χ3n) is 2.62. The predicted molar refractivity (Wildman–Crippen MR) is 76.0 cm³/mol. The largest absolute Gasteiger partial charge is 0.277 e. The molecule has 0 aliphatic rings. The Hall–Kier alpha value is -1.47. The molecule has 3 nitrogen and oxygen atoms in total. The lowest BCUT2D eigenvalue weighted by molar-refractivity contribution is 0.582. The monoisotopic (exact) mass is 361 g/mol. The molecule has 0 atom stereocenters. The van der Waals surface area contributed by atoms with Crippen molar-refractivity contribution in [2.24, 2.45) is 0 Å². The topological polar surface area (TPSA) is 46.2 Å². The number of aryl methyl sites for hydroxylation is 1. The van der Waals surface area contributed by atoms with Gasteiger partial charge in [-0.2, -0.15) is 0 Å². The molecule has 1 N–H and O–H groups in total. The molecule has 0 aliphatic carbocycles. The fraction of sp³-hybridized carbons (Fsp3) is 0.0769. The van der Waals surface area contributed by atoms with Crippen LogP contribution in [0.2, 0.25) is 0 Å². The predicted octanol–water partition coefficient (Wildman–Crippen LogP) is 3.84. The van der Waals surface area contributed by atoms with Crippen molar-refractivity contribution in [1.29, 1.82) is 0 Å². The Kier molecular flexibility index (Phi) is 4.10. The van der Waals surface area contributed by atoms with Gasteiger partial charge in [0.1, 0.15) is 11.6 Å². The average Bonchev–Trinajstić information content (AvgIpc) is 2.35. The number of rotatable bonds is 3. The van der Waals surface area contributed by atoms with Crippen LogP contribution in [-0.4, -0.2) is 8.42 Å². The minimum Gasteiger partial charge on any atom is -0.277 e. The average molecular weight is 362 g/mol. The Balaban J connectivity index is 2.43. The molecule has 0 saturated heterocycles. The zero-order valence-corrected chi connectivity index (χ0v) is 12.7. The third kappa shape index (κ3) is 3.16. The molecule has 2 aromatic carbocycles. The number of benzene rings is 2. The Morgan fingerprint density at radius 2 is 1.80 bits per heavy atom. The molecule has 0 amide bonds. The van der Waals surface area contributed by atoms with Crippen LogP contribution in [0.5, 0.6) is 0 Å². The van der Waals surface area contributed by atoms with E-state index in [0.29, 0.717) is 16.1 Å². The van der Waals surface area contributed by atoms with Gasteiger partial charge in [-0.25, -0.2) is 17.2 Å². The first kappa shape index (κ1) is 14.9. The summed E-state index contributed by atoms with van der Waals surface area (Å²) in [5, 5.41) is 0. The first-order chi connectivity index (χ1) is 9.29. The van der Waals surface area contributed by atoms with E-state index in [9.17, 15) is 17.2 Å². The quantitative estimate of drug-likeness (QED) is 0.902. The molecule has 0 heterocycles. The van der Waals surface area contributed by atoms with Crippen LogP contribution in [-0.2, 0) is 10.0 Å². The summed E-state index contributed by atoms with van der Waals surface area (Å²) in [5.41, 5.74) is 0.217. The van der Waals surface area contributed by atoms with Crippen LogP contribution in [0.1, 0.15) is 5.56 Å². The maximum atomic E-state index is 13.5. The van der Waals surface area contributed by atoms with Crippen molar-refractivity contribution in [3.8, 4) is 0 Å². The fourth-order valence-electron chi connectivity index (χ4n) is 1.64. The van der Waals surface area contributed by atoms with Crippen molar-refractivity contribution >= 4 is 31.6 Å². The van der Waals surface area contributed by atoms with Gasteiger partial charge in [0.2, 0.25) is 0 Å². The van der Waals surface area contributed by atoms with Gasteiger partial charge in [0.05, 0.1) is 10.6 Å². The lowest BCUT2D eigenvalue weighted by atomic mass is 10.2. The van der Waals surface area contributed by atoms with Crippen molar-refractivity contribution < 1.29 is 17.2 Å². The molecule has 0 radical (unpaired) electrons. The molecule has 2 rings (SSSR count). The molecular weight excluding hydrogens is 352 g/mol. The summed E-state index contributed by atoms with van der Waals surface area (Å²) in [4.78, 5) is 0.0237. The fourth-order valence-corrected chi connectivity index (χ4v) is 3.49. The van der Waals surface area contributed by atoms with E-state index in [2.05, 4.69) is 20.7 Å². The van der Waals surface area contributed by atoms with E-state index in [4.69, 9.17) is 0 Å². The van der Waals surface area contributed by atoms with E-state index in [-0.39, 0.29) is 10.6 Å². The highest BCUT2D eigenvalue weighted by atomic mass is 79.9. The van der Waals surface area contributed by atoms with E-state index < -0.39 is 21.7 Å². The summed E-state index contributed by atoms with van der Waals surface area (Å²) in [6.45, 7) is 1.63. The second-order valence-electron chi connectivity index (χ2n) is 4.14. The van der Waals surface area contributed by atoms with Crippen molar-refractivity contribution in [3.05, 3.63) is 58.1 Å². The maximum absolute atomic E-state index is 13.5. The molecule has 7 heteroatoms. The van der Waals surface area contributed by atoms with Crippen molar-refractivity contribution in [2.45, 2.75) is 11.8 Å². The van der Waals surface area contributed by atoms with Gasteiger partial charge in [-0.3, -0.25) is 4.72 Å². The number of hydrogen-bond acceptors (Lipinski definition) is 2. The minimum atomic E-state index is -3.94. The molecule has 0 aromatic heterocycles. The molecule has 20 heavy (non-hydrogen) atoms. The molecular formula is C13H10BrF2NO2S. The molecule has 106 valence electrons. The maximum Gasteiger partial charge on any atom is 0.262 e. The van der Waals surface area contributed by atoms with Crippen LogP contribution < -0.4 is 4.72 Å². The summed E-state index contributed by atoms with van der Waals surface area (Å²) < 4.78 is 53.4. The Bertz CT molecular complexity index is 763. The van der Waals surface area contributed by atoms with Gasteiger partial charge in [0, 0.05) is 10.5 Å². The van der Waals surface area contributed by atoms with Crippen molar-refractivity contribution in [3.63, 3.8) is 0 Å². The van der Waals surface area contributed by atoms with Crippen molar-refractivity contribution in [2.75, 3.05) is 4.72 Å². The first-order valence-corrected chi connectivity index (χ1v) is 7.81. The van der Waals surface area contributed by atoms with E-state index in [1.807, 2.05) is 0 Å². The van der Waals surface area contributed by atoms with Gasteiger partial charge >= 0.3 is 0 Å². The lowest BCUT2D eigenvalue weighted by Gasteiger charge is -2.11. The first-order valence-electron chi connectivity index (χ1n) is 5.53. The second kappa shape index (κ2) is 5.49. The number of anilines is 1. The highest BCUT2D eigenvalue weighted by molar-refractivity contribution is 9.10. The number of sulfonamides is 1. The summed E-state index contributed by atoms with van der Waals surface area (Å²) in [7, 11) is -3.94. The Labute approximate surface area is 123 Å². The molecule has 0 aliphatic heterocycles. The number of nitrogens with one attached hydrogen (secondary N) is 1. The summed E-state index contributed by atoms with van der Waals surface area (Å²) in [6, 6.07) is 7.38. The molecule has 2 aromatic rings. The van der Waals surface area contributed by atoms with Gasteiger partial charge in [0.15, 0.2) is 0 Å². The summed E-state index contributed by atoms with van der Waals surface area (Å²) >= 11 is 3.18. The highest BCUT2D eigenvalue weighted by Crippen LogP contribution is 2.24. The standard InChI is InChI=1S/C13H10BrF2NO2S/c1-8-2-3-9(14)6-13(8)20(18,19)17-12-5-4-10(15)7-11(12)16/h2-7,17H,1H3. The van der Waals surface area contributed by atoms with Crippen LogP contribution in [0.4, 0.5) is 14.5 Å². The SMILES string of the molecule is Cc1ccc(Br)cc1S(=O)(=O)Nc1ccc(F)cc1F. The van der Waals surface area contributed by atoms with Gasteiger partial charge in [-0.05, 0) is 36.8 Å². The van der Waals surface area contributed by atoms with Gasteiger partial charge < -0.3 is 0 Å². The summed E-state index contributed by atoms with van der Waals surface area (Å²) in [6.07, 6.45) is 0.